The Bertz CT molecular complexity index is 511. The number of benzene rings is 1. The highest BCUT2D eigenvalue weighted by atomic mass is 19.4. The summed E-state index contributed by atoms with van der Waals surface area (Å²) in [5.74, 6) is 1.02. The van der Waals surface area contributed by atoms with E-state index < -0.39 is 11.7 Å². The van der Waals surface area contributed by atoms with E-state index in [0.29, 0.717) is 17.4 Å². The molecule has 1 heterocycles. The van der Waals surface area contributed by atoms with Crippen molar-refractivity contribution in [3.05, 3.63) is 35.4 Å². The topological polar surface area (TPSA) is 45.7 Å². The zero-order chi connectivity index (χ0) is 16.0. The number of nitrogens with one attached hydrogen (secondary N) is 2. The summed E-state index contributed by atoms with van der Waals surface area (Å²) in [6, 6.07) is 5.27. The predicted octanol–water partition coefficient (Wildman–Crippen LogP) is 2.41. The standard InChI is InChI=1S/C15H20F3N3O/c1-19-14(21-9-12-5-6-22-10-12)20-8-11-3-2-4-13(7-11)15(16,17)18/h2-4,7,12H,5-6,8-10H2,1H3,(H2,19,20,21). The van der Waals surface area contributed by atoms with Crippen molar-refractivity contribution in [1.29, 1.82) is 0 Å². The van der Waals surface area contributed by atoms with Crippen molar-refractivity contribution in [3.63, 3.8) is 0 Å². The smallest absolute Gasteiger partial charge is 0.381 e. The van der Waals surface area contributed by atoms with Crippen LogP contribution in [0.3, 0.4) is 0 Å². The third-order valence-corrected chi connectivity index (χ3v) is 3.52. The number of ether oxygens (including phenoxy) is 1. The second kappa shape index (κ2) is 7.49. The second-order valence-corrected chi connectivity index (χ2v) is 5.23. The van der Waals surface area contributed by atoms with Crippen LogP contribution >= 0.6 is 0 Å². The number of rotatable bonds is 4. The van der Waals surface area contributed by atoms with Crippen molar-refractivity contribution in [1.82, 2.24) is 10.6 Å². The van der Waals surface area contributed by atoms with Crippen molar-refractivity contribution in [2.45, 2.75) is 19.1 Å². The summed E-state index contributed by atoms with van der Waals surface area (Å²) in [5, 5.41) is 6.18. The van der Waals surface area contributed by atoms with Crippen LogP contribution in [0.2, 0.25) is 0 Å². The lowest BCUT2D eigenvalue weighted by molar-refractivity contribution is -0.137. The first kappa shape index (κ1) is 16.6. The van der Waals surface area contributed by atoms with Crippen molar-refractivity contribution in [2.75, 3.05) is 26.8 Å². The van der Waals surface area contributed by atoms with Crippen LogP contribution < -0.4 is 10.6 Å². The van der Waals surface area contributed by atoms with Gasteiger partial charge in [-0.15, -0.1) is 0 Å². The first-order valence-corrected chi connectivity index (χ1v) is 7.17. The molecule has 1 atom stereocenters. The van der Waals surface area contributed by atoms with Gasteiger partial charge < -0.3 is 15.4 Å². The van der Waals surface area contributed by atoms with E-state index in [1.807, 2.05) is 0 Å². The number of aliphatic imine (C=N–C) groups is 1. The van der Waals surface area contributed by atoms with Gasteiger partial charge in [0.05, 0.1) is 12.2 Å². The maximum Gasteiger partial charge on any atom is 0.416 e. The number of guanidine groups is 1. The number of nitrogens with zero attached hydrogens (tertiary/aromatic N) is 1. The Morgan fingerprint density at radius 3 is 2.82 bits per heavy atom. The van der Waals surface area contributed by atoms with Gasteiger partial charge in [0.15, 0.2) is 5.96 Å². The molecule has 1 aromatic rings. The molecule has 1 saturated heterocycles. The molecule has 1 unspecified atom stereocenters. The molecule has 1 aliphatic heterocycles. The van der Waals surface area contributed by atoms with Crippen molar-refractivity contribution in [2.24, 2.45) is 10.9 Å². The third-order valence-electron chi connectivity index (χ3n) is 3.52. The third kappa shape index (κ3) is 4.91. The van der Waals surface area contributed by atoms with E-state index in [1.165, 1.54) is 6.07 Å². The summed E-state index contributed by atoms with van der Waals surface area (Å²) in [4.78, 5) is 4.07. The van der Waals surface area contributed by atoms with Gasteiger partial charge in [-0.25, -0.2) is 0 Å². The summed E-state index contributed by atoms with van der Waals surface area (Å²) in [6.45, 7) is 2.53. The molecule has 2 N–H and O–H groups in total. The number of hydrogen-bond acceptors (Lipinski definition) is 2. The molecule has 0 radical (unpaired) electrons. The maximum absolute atomic E-state index is 12.7. The zero-order valence-electron chi connectivity index (χ0n) is 12.4. The highest BCUT2D eigenvalue weighted by Crippen LogP contribution is 2.29. The molecule has 0 bridgehead atoms. The van der Waals surface area contributed by atoms with Gasteiger partial charge in [-0.05, 0) is 24.1 Å². The minimum atomic E-state index is -4.32. The van der Waals surface area contributed by atoms with Gasteiger partial charge in [0.2, 0.25) is 0 Å². The van der Waals surface area contributed by atoms with Gasteiger partial charge in [0.25, 0.3) is 0 Å². The Labute approximate surface area is 127 Å². The van der Waals surface area contributed by atoms with E-state index in [9.17, 15) is 13.2 Å². The average Bonchev–Trinajstić information content (AvgIpc) is 3.00. The Balaban J connectivity index is 1.85. The molecule has 7 heteroatoms. The van der Waals surface area contributed by atoms with Crippen LogP contribution in [0.15, 0.2) is 29.3 Å². The lowest BCUT2D eigenvalue weighted by Gasteiger charge is -2.15. The van der Waals surface area contributed by atoms with Crippen LogP contribution in [0.4, 0.5) is 13.2 Å². The SMILES string of the molecule is CN=C(NCc1cccc(C(F)(F)F)c1)NCC1CCOC1. The predicted molar refractivity (Wildman–Crippen MR) is 78.6 cm³/mol. The molecule has 2 rings (SSSR count). The van der Waals surface area contributed by atoms with Crippen LogP contribution in [0.25, 0.3) is 0 Å². The Morgan fingerprint density at radius 2 is 2.18 bits per heavy atom. The molecule has 4 nitrogen and oxygen atoms in total. The van der Waals surface area contributed by atoms with Gasteiger partial charge >= 0.3 is 6.18 Å². The fourth-order valence-electron chi connectivity index (χ4n) is 2.25. The minimum absolute atomic E-state index is 0.282. The van der Waals surface area contributed by atoms with Crippen LogP contribution in [-0.2, 0) is 17.5 Å². The number of halogens is 3. The molecular formula is C15H20F3N3O. The lowest BCUT2D eigenvalue weighted by Crippen LogP contribution is -2.39. The van der Waals surface area contributed by atoms with Gasteiger partial charge in [-0.3, -0.25) is 4.99 Å². The quantitative estimate of drug-likeness (QED) is 0.662. The van der Waals surface area contributed by atoms with E-state index in [0.717, 1.165) is 38.3 Å². The van der Waals surface area contributed by atoms with Gasteiger partial charge in [0, 0.05) is 32.7 Å². The van der Waals surface area contributed by atoms with Crippen LogP contribution in [0.5, 0.6) is 0 Å². The Kier molecular flexibility index (Phi) is 5.65. The highest BCUT2D eigenvalue weighted by Gasteiger charge is 2.30. The summed E-state index contributed by atoms with van der Waals surface area (Å²) < 4.78 is 43.3. The molecule has 1 aromatic carbocycles. The van der Waals surface area contributed by atoms with Crippen molar-refractivity contribution in [3.8, 4) is 0 Å². The summed E-state index contributed by atoms with van der Waals surface area (Å²) in [6.07, 6.45) is -3.31. The molecule has 0 saturated carbocycles. The van der Waals surface area contributed by atoms with Crippen molar-refractivity contribution < 1.29 is 17.9 Å². The van der Waals surface area contributed by atoms with E-state index in [1.54, 1.807) is 13.1 Å². The van der Waals surface area contributed by atoms with Crippen LogP contribution in [0, 0.1) is 5.92 Å². The largest absolute Gasteiger partial charge is 0.416 e. The Morgan fingerprint density at radius 1 is 1.36 bits per heavy atom. The monoisotopic (exact) mass is 315 g/mol. The van der Waals surface area contributed by atoms with Gasteiger partial charge in [-0.1, -0.05) is 12.1 Å². The highest BCUT2D eigenvalue weighted by molar-refractivity contribution is 5.79. The molecule has 122 valence electrons. The minimum Gasteiger partial charge on any atom is -0.381 e. The van der Waals surface area contributed by atoms with E-state index in [-0.39, 0.29) is 6.54 Å². The van der Waals surface area contributed by atoms with Crippen molar-refractivity contribution >= 4 is 5.96 Å². The maximum atomic E-state index is 12.7. The molecule has 22 heavy (non-hydrogen) atoms. The molecule has 1 fully saturated rings. The number of hydrogen-bond donors (Lipinski definition) is 2. The Hall–Kier alpha value is -1.76. The fraction of sp³-hybridized carbons (Fsp3) is 0.533. The van der Waals surface area contributed by atoms with Crippen LogP contribution in [0.1, 0.15) is 17.5 Å². The summed E-state index contributed by atoms with van der Waals surface area (Å²) >= 11 is 0. The van der Waals surface area contributed by atoms with Crippen LogP contribution in [-0.4, -0.2) is 32.8 Å². The molecule has 0 spiro atoms. The first-order valence-electron chi connectivity index (χ1n) is 7.17. The molecule has 0 aromatic heterocycles. The summed E-state index contributed by atoms with van der Waals surface area (Å²) in [5.41, 5.74) is -0.0835. The van der Waals surface area contributed by atoms with Gasteiger partial charge in [-0.2, -0.15) is 13.2 Å². The fourth-order valence-corrected chi connectivity index (χ4v) is 2.25. The van der Waals surface area contributed by atoms with E-state index in [4.69, 9.17) is 4.74 Å². The van der Waals surface area contributed by atoms with E-state index >= 15 is 0 Å². The molecule has 0 amide bonds. The lowest BCUT2D eigenvalue weighted by atomic mass is 10.1. The molecule has 1 aliphatic rings. The molecule has 0 aliphatic carbocycles. The summed E-state index contributed by atoms with van der Waals surface area (Å²) in [7, 11) is 1.63. The van der Waals surface area contributed by atoms with Gasteiger partial charge in [0.1, 0.15) is 0 Å². The second-order valence-electron chi connectivity index (χ2n) is 5.23. The zero-order valence-corrected chi connectivity index (χ0v) is 12.4. The number of alkyl halides is 3. The normalized spacial score (nSPS) is 19.3. The first-order chi connectivity index (χ1) is 10.5. The molecular weight excluding hydrogens is 295 g/mol. The average molecular weight is 315 g/mol. The van der Waals surface area contributed by atoms with E-state index in [2.05, 4.69) is 15.6 Å².